The number of hydrogen-bond donors (Lipinski definition) is 1. The number of hydrogen-bond acceptors (Lipinski definition) is 2. The summed E-state index contributed by atoms with van der Waals surface area (Å²) in [5.74, 6) is 1.49. The topological polar surface area (TPSA) is 41.6 Å². The molecule has 0 aromatic heterocycles. The average molecular weight is 155 g/mol. The Balaban J connectivity index is 2.12. The number of rotatable bonds is 4. The molecule has 1 rings (SSSR count). The van der Waals surface area contributed by atoms with Crippen LogP contribution in [0.4, 0.5) is 0 Å². The van der Waals surface area contributed by atoms with Crippen molar-refractivity contribution in [2.45, 2.75) is 12.8 Å². The summed E-state index contributed by atoms with van der Waals surface area (Å²) in [6.07, 6.45) is 2.49. The SMILES string of the molecule is CN(C)CCN=C(N)C1CC1. The first-order chi connectivity index (χ1) is 5.20. The third-order valence-electron chi connectivity index (χ3n) is 1.84. The molecule has 0 radical (unpaired) electrons. The molecule has 1 aliphatic carbocycles. The number of nitrogens with zero attached hydrogens (tertiary/aromatic N) is 2. The van der Waals surface area contributed by atoms with Crippen LogP contribution in [-0.2, 0) is 0 Å². The van der Waals surface area contributed by atoms with E-state index in [0.717, 1.165) is 18.9 Å². The van der Waals surface area contributed by atoms with Gasteiger partial charge in [0.05, 0.1) is 12.4 Å². The van der Waals surface area contributed by atoms with Crippen molar-refractivity contribution in [2.75, 3.05) is 27.2 Å². The number of likely N-dealkylation sites (N-methyl/N-ethyl adjacent to an activating group) is 1. The molecule has 11 heavy (non-hydrogen) atoms. The molecule has 64 valence electrons. The standard InChI is InChI=1S/C8H17N3/c1-11(2)6-5-10-8(9)7-3-4-7/h7H,3-6H2,1-2H3,(H2,9,10). The molecule has 1 aliphatic rings. The molecule has 0 unspecified atom stereocenters. The first kappa shape index (κ1) is 8.53. The van der Waals surface area contributed by atoms with E-state index in [0.29, 0.717) is 5.92 Å². The van der Waals surface area contributed by atoms with Gasteiger partial charge in [0, 0.05) is 12.5 Å². The van der Waals surface area contributed by atoms with Gasteiger partial charge in [0.15, 0.2) is 0 Å². The van der Waals surface area contributed by atoms with Crippen LogP contribution in [0.5, 0.6) is 0 Å². The van der Waals surface area contributed by atoms with E-state index in [1.165, 1.54) is 12.8 Å². The largest absolute Gasteiger partial charge is 0.387 e. The smallest absolute Gasteiger partial charge is 0.0968 e. The second kappa shape index (κ2) is 3.72. The predicted octanol–water partition coefficient (Wildman–Crippen LogP) is 0.315. The summed E-state index contributed by atoms with van der Waals surface area (Å²) in [7, 11) is 4.09. The van der Waals surface area contributed by atoms with Crippen LogP contribution in [0, 0.1) is 5.92 Å². The van der Waals surface area contributed by atoms with E-state index in [4.69, 9.17) is 5.73 Å². The lowest BCUT2D eigenvalue weighted by atomic mass is 10.4. The zero-order valence-corrected chi connectivity index (χ0v) is 7.38. The molecule has 0 bridgehead atoms. The van der Waals surface area contributed by atoms with Crippen LogP contribution in [0.15, 0.2) is 4.99 Å². The van der Waals surface area contributed by atoms with Crippen molar-refractivity contribution in [3.63, 3.8) is 0 Å². The highest BCUT2D eigenvalue weighted by Crippen LogP contribution is 2.28. The lowest BCUT2D eigenvalue weighted by Crippen LogP contribution is -2.19. The highest BCUT2D eigenvalue weighted by molar-refractivity contribution is 5.84. The lowest BCUT2D eigenvalue weighted by Gasteiger charge is -2.06. The quantitative estimate of drug-likeness (QED) is 0.469. The van der Waals surface area contributed by atoms with Crippen LogP contribution in [0.3, 0.4) is 0 Å². The molecule has 0 aromatic rings. The highest BCUT2D eigenvalue weighted by Gasteiger charge is 2.24. The van der Waals surface area contributed by atoms with Crippen molar-refractivity contribution >= 4 is 5.84 Å². The number of aliphatic imine (C=N–C) groups is 1. The molecule has 1 fully saturated rings. The Kier molecular flexibility index (Phi) is 2.88. The first-order valence-corrected chi connectivity index (χ1v) is 4.14. The fraction of sp³-hybridized carbons (Fsp3) is 0.875. The zero-order valence-electron chi connectivity index (χ0n) is 7.38. The summed E-state index contributed by atoms with van der Waals surface area (Å²) in [5.41, 5.74) is 5.70. The van der Waals surface area contributed by atoms with Gasteiger partial charge in [-0.1, -0.05) is 0 Å². The summed E-state index contributed by atoms with van der Waals surface area (Å²) in [5, 5.41) is 0. The Morgan fingerprint density at radius 1 is 1.55 bits per heavy atom. The predicted molar refractivity (Wildman–Crippen MR) is 47.8 cm³/mol. The fourth-order valence-electron chi connectivity index (χ4n) is 0.887. The van der Waals surface area contributed by atoms with Gasteiger partial charge in [-0.15, -0.1) is 0 Å². The summed E-state index contributed by atoms with van der Waals surface area (Å²) in [4.78, 5) is 6.39. The van der Waals surface area contributed by atoms with E-state index in [-0.39, 0.29) is 0 Å². The molecule has 0 spiro atoms. The van der Waals surface area contributed by atoms with Crippen molar-refractivity contribution in [1.29, 1.82) is 0 Å². The van der Waals surface area contributed by atoms with Crippen LogP contribution in [0.2, 0.25) is 0 Å². The Labute approximate surface area is 68.3 Å². The van der Waals surface area contributed by atoms with E-state index in [1.807, 2.05) is 14.1 Å². The maximum absolute atomic E-state index is 5.70. The van der Waals surface area contributed by atoms with Crippen LogP contribution in [0.1, 0.15) is 12.8 Å². The highest BCUT2D eigenvalue weighted by atomic mass is 15.1. The van der Waals surface area contributed by atoms with Gasteiger partial charge in [-0.25, -0.2) is 0 Å². The van der Waals surface area contributed by atoms with E-state index < -0.39 is 0 Å². The Morgan fingerprint density at radius 3 is 2.64 bits per heavy atom. The Morgan fingerprint density at radius 2 is 2.18 bits per heavy atom. The minimum Gasteiger partial charge on any atom is -0.387 e. The van der Waals surface area contributed by atoms with E-state index >= 15 is 0 Å². The molecule has 3 heteroatoms. The fourth-order valence-corrected chi connectivity index (χ4v) is 0.887. The van der Waals surface area contributed by atoms with Crippen molar-refractivity contribution < 1.29 is 0 Å². The van der Waals surface area contributed by atoms with Crippen LogP contribution >= 0.6 is 0 Å². The summed E-state index contributed by atoms with van der Waals surface area (Å²) >= 11 is 0. The monoisotopic (exact) mass is 155 g/mol. The van der Waals surface area contributed by atoms with Crippen LogP contribution in [-0.4, -0.2) is 37.9 Å². The maximum Gasteiger partial charge on any atom is 0.0968 e. The van der Waals surface area contributed by atoms with Gasteiger partial charge in [-0.3, -0.25) is 4.99 Å². The Bertz CT molecular complexity index is 147. The number of amidine groups is 1. The van der Waals surface area contributed by atoms with Gasteiger partial charge in [0.25, 0.3) is 0 Å². The zero-order chi connectivity index (χ0) is 8.27. The lowest BCUT2D eigenvalue weighted by molar-refractivity contribution is 0.420. The maximum atomic E-state index is 5.70. The van der Waals surface area contributed by atoms with E-state index in [9.17, 15) is 0 Å². The van der Waals surface area contributed by atoms with Crippen molar-refractivity contribution in [2.24, 2.45) is 16.6 Å². The molecule has 0 saturated heterocycles. The molecule has 0 aliphatic heterocycles. The third-order valence-corrected chi connectivity index (χ3v) is 1.84. The molecule has 0 heterocycles. The van der Waals surface area contributed by atoms with Gasteiger partial charge in [0.2, 0.25) is 0 Å². The van der Waals surface area contributed by atoms with Gasteiger partial charge >= 0.3 is 0 Å². The second-order valence-electron chi connectivity index (χ2n) is 3.38. The molecule has 3 nitrogen and oxygen atoms in total. The van der Waals surface area contributed by atoms with Crippen molar-refractivity contribution in [3.05, 3.63) is 0 Å². The molecule has 2 N–H and O–H groups in total. The summed E-state index contributed by atoms with van der Waals surface area (Å²) < 4.78 is 0. The summed E-state index contributed by atoms with van der Waals surface area (Å²) in [6, 6.07) is 0. The van der Waals surface area contributed by atoms with E-state index in [1.54, 1.807) is 0 Å². The minimum atomic E-state index is 0.622. The van der Waals surface area contributed by atoms with Crippen molar-refractivity contribution in [3.8, 4) is 0 Å². The first-order valence-electron chi connectivity index (χ1n) is 4.14. The molecular formula is C8H17N3. The van der Waals surface area contributed by atoms with Gasteiger partial charge in [0.1, 0.15) is 0 Å². The normalized spacial score (nSPS) is 19.4. The summed E-state index contributed by atoms with van der Waals surface area (Å²) in [6.45, 7) is 1.84. The molecule has 0 atom stereocenters. The number of nitrogens with two attached hydrogens (primary N) is 1. The average Bonchev–Trinajstić information content (AvgIpc) is 2.66. The van der Waals surface area contributed by atoms with E-state index in [2.05, 4.69) is 9.89 Å². The van der Waals surface area contributed by atoms with Gasteiger partial charge < -0.3 is 10.6 Å². The van der Waals surface area contributed by atoms with Crippen LogP contribution in [0.25, 0.3) is 0 Å². The van der Waals surface area contributed by atoms with Gasteiger partial charge in [-0.05, 0) is 26.9 Å². The minimum absolute atomic E-state index is 0.622. The van der Waals surface area contributed by atoms with Crippen LogP contribution < -0.4 is 5.73 Å². The Hall–Kier alpha value is -0.570. The van der Waals surface area contributed by atoms with Gasteiger partial charge in [-0.2, -0.15) is 0 Å². The molecule has 0 aromatic carbocycles. The third kappa shape index (κ3) is 3.37. The molecule has 0 amide bonds. The molecular weight excluding hydrogens is 138 g/mol. The molecule has 1 saturated carbocycles. The second-order valence-corrected chi connectivity index (χ2v) is 3.38. The van der Waals surface area contributed by atoms with Crippen molar-refractivity contribution in [1.82, 2.24) is 4.90 Å².